The van der Waals surface area contributed by atoms with E-state index in [0.29, 0.717) is 30.3 Å². The van der Waals surface area contributed by atoms with Crippen LogP contribution in [-0.4, -0.2) is 122 Å². The first kappa shape index (κ1) is 38.0. The van der Waals surface area contributed by atoms with Crippen molar-refractivity contribution in [2.75, 3.05) is 6.61 Å². The molecule has 21 heteroatoms. The SMILES string of the molecule is O=C(O[C@@H]1O[C@H](CO)[C@@H](O)[C@H](OC(=O)c2cc(O)c(O)c(O)c2)[C@H]1OC(=O)c1cc(O)c(O)c(O)c1)c1cc(O)c(O)c(Oc2ccc(O)c(O)c2O)c1. The van der Waals surface area contributed by atoms with E-state index < -0.39 is 147 Å². The van der Waals surface area contributed by atoms with Gasteiger partial charge < -0.3 is 90.1 Å². The summed E-state index contributed by atoms with van der Waals surface area (Å²) in [5, 5.41) is 130. The molecule has 1 aliphatic rings. The van der Waals surface area contributed by atoms with E-state index in [-0.39, 0.29) is 0 Å². The summed E-state index contributed by atoms with van der Waals surface area (Å²) in [4.78, 5) is 39.9. The summed E-state index contributed by atoms with van der Waals surface area (Å²) < 4.78 is 26.7. The molecule has 0 radical (unpaired) electrons. The zero-order chi connectivity index (χ0) is 39.8. The maximum absolute atomic E-state index is 13.5. The number of benzene rings is 4. The number of carbonyl (C=O) groups excluding carboxylic acids is 3. The number of rotatable bonds is 9. The molecule has 1 fully saturated rings. The van der Waals surface area contributed by atoms with Crippen LogP contribution in [0.5, 0.6) is 74.7 Å². The van der Waals surface area contributed by atoms with E-state index in [1.165, 1.54) is 0 Å². The fourth-order valence-electron chi connectivity index (χ4n) is 4.94. The van der Waals surface area contributed by atoms with Crippen LogP contribution >= 0.6 is 0 Å². The van der Waals surface area contributed by atoms with Gasteiger partial charge in [-0.1, -0.05) is 0 Å². The highest BCUT2D eigenvalue weighted by Gasteiger charge is 2.52. The quantitative estimate of drug-likeness (QED) is 0.0640. The lowest BCUT2D eigenvalue weighted by atomic mass is 9.98. The first-order valence-electron chi connectivity index (χ1n) is 15.0. The van der Waals surface area contributed by atoms with E-state index in [9.17, 15) is 80.8 Å². The van der Waals surface area contributed by atoms with Crippen LogP contribution in [0, 0.1) is 0 Å². The van der Waals surface area contributed by atoms with Gasteiger partial charge >= 0.3 is 17.9 Å². The van der Waals surface area contributed by atoms with Gasteiger partial charge in [0.1, 0.15) is 12.2 Å². The first-order chi connectivity index (χ1) is 25.4. The number of esters is 3. The molecular weight excluding hydrogens is 732 g/mol. The number of phenolic OH excluding ortho intramolecular Hbond substituents is 11. The Morgan fingerprint density at radius 1 is 0.519 bits per heavy atom. The summed E-state index contributed by atoms with van der Waals surface area (Å²) in [6.45, 7) is -1.06. The second kappa shape index (κ2) is 14.8. The van der Waals surface area contributed by atoms with Gasteiger partial charge in [0.25, 0.3) is 0 Å². The molecule has 1 saturated heterocycles. The van der Waals surface area contributed by atoms with Crippen LogP contribution in [0.1, 0.15) is 31.1 Å². The van der Waals surface area contributed by atoms with Gasteiger partial charge in [-0.05, 0) is 48.5 Å². The third kappa shape index (κ3) is 7.38. The highest BCUT2D eigenvalue weighted by molar-refractivity contribution is 5.93. The molecule has 1 aliphatic heterocycles. The number of aromatic hydroxyl groups is 11. The smallest absolute Gasteiger partial charge is 0.340 e. The Bertz CT molecular complexity index is 2080. The third-order valence-corrected chi connectivity index (χ3v) is 7.72. The Morgan fingerprint density at radius 2 is 0.963 bits per heavy atom. The standard InChI is InChI=1S/C33H28O21/c34-9-21-27(46)28(52-30(47)10-3-14(36)22(41)15(37)4-10)29(53-31(48)11-5-16(38)23(42)17(39)6-11)33(51-21)54-32(49)12-7-18(40)24(43)20(8-12)50-19-2-1-13(35)25(44)26(19)45/h1-8,21,27-29,33-46H,9H2/t21-,27-,28+,29-,33+/m1/s1. The molecule has 0 aliphatic carbocycles. The van der Waals surface area contributed by atoms with Crippen molar-refractivity contribution in [3.63, 3.8) is 0 Å². The van der Waals surface area contributed by atoms with Crippen LogP contribution in [0.15, 0.2) is 48.5 Å². The summed E-state index contributed by atoms with van der Waals surface area (Å²) in [6.07, 6.45) is -10.6. The van der Waals surface area contributed by atoms with Gasteiger partial charge in [-0.25, -0.2) is 14.4 Å². The van der Waals surface area contributed by atoms with Crippen molar-refractivity contribution >= 4 is 17.9 Å². The summed E-state index contributed by atoms with van der Waals surface area (Å²) >= 11 is 0. The number of carbonyl (C=O) groups is 3. The predicted octanol–water partition coefficient (Wildman–Crippen LogP) is 0.927. The lowest BCUT2D eigenvalue weighted by molar-refractivity contribution is -0.283. The van der Waals surface area contributed by atoms with Crippen molar-refractivity contribution in [2.24, 2.45) is 0 Å². The average Bonchev–Trinajstić information content (AvgIpc) is 3.13. The maximum atomic E-state index is 13.5. The summed E-state index contributed by atoms with van der Waals surface area (Å²) in [5.41, 5.74) is -1.98. The monoisotopic (exact) mass is 760 g/mol. The number of aliphatic hydroxyl groups is 2. The number of phenols is 11. The molecule has 4 aromatic carbocycles. The molecule has 0 saturated carbocycles. The molecule has 13 N–H and O–H groups in total. The van der Waals surface area contributed by atoms with Gasteiger partial charge in [-0.15, -0.1) is 0 Å². The molecule has 286 valence electrons. The lowest BCUT2D eigenvalue weighted by Gasteiger charge is -2.42. The van der Waals surface area contributed by atoms with E-state index in [0.717, 1.165) is 18.2 Å². The Hall–Kier alpha value is -7.23. The van der Waals surface area contributed by atoms with Crippen LogP contribution in [0.25, 0.3) is 0 Å². The number of aliphatic hydroxyl groups excluding tert-OH is 2. The predicted molar refractivity (Wildman–Crippen MR) is 170 cm³/mol. The molecule has 5 atom stereocenters. The van der Waals surface area contributed by atoms with Gasteiger partial charge in [0.15, 0.2) is 63.6 Å². The van der Waals surface area contributed by atoms with Crippen molar-refractivity contribution in [1.29, 1.82) is 0 Å². The third-order valence-electron chi connectivity index (χ3n) is 7.72. The number of ether oxygens (including phenoxy) is 5. The normalized spacial score (nSPS) is 19.4. The minimum Gasteiger partial charge on any atom is -0.504 e. The van der Waals surface area contributed by atoms with Crippen LogP contribution < -0.4 is 4.74 Å². The molecule has 4 aromatic rings. The Kier molecular flexibility index (Phi) is 10.4. The van der Waals surface area contributed by atoms with Crippen LogP contribution in [0.4, 0.5) is 0 Å². The molecule has 5 rings (SSSR count). The minimum atomic E-state index is -2.26. The van der Waals surface area contributed by atoms with Gasteiger partial charge in [-0.2, -0.15) is 0 Å². The first-order valence-corrected chi connectivity index (χ1v) is 15.0. The van der Waals surface area contributed by atoms with Crippen molar-refractivity contribution < 1.29 is 104 Å². The topological polar surface area (TPSA) is 360 Å². The van der Waals surface area contributed by atoms with Gasteiger partial charge in [0.2, 0.25) is 29.6 Å². The summed E-state index contributed by atoms with van der Waals surface area (Å²) in [5.74, 6) is -16.6. The van der Waals surface area contributed by atoms with Gasteiger partial charge in [-0.3, -0.25) is 0 Å². The Labute approximate surface area is 299 Å². The summed E-state index contributed by atoms with van der Waals surface area (Å²) in [6, 6.07) is 5.76. The van der Waals surface area contributed by atoms with E-state index in [4.69, 9.17) is 23.7 Å². The molecule has 1 heterocycles. The molecule has 0 unspecified atom stereocenters. The second-order valence-electron chi connectivity index (χ2n) is 11.3. The Morgan fingerprint density at radius 3 is 1.46 bits per heavy atom. The molecule has 0 amide bonds. The lowest BCUT2D eigenvalue weighted by Crippen LogP contribution is -2.62. The van der Waals surface area contributed by atoms with Crippen molar-refractivity contribution in [2.45, 2.75) is 30.7 Å². The minimum absolute atomic E-state index is 0.584. The van der Waals surface area contributed by atoms with Crippen molar-refractivity contribution in [1.82, 2.24) is 0 Å². The molecule has 21 nitrogen and oxygen atoms in total. The van der Waals surface area contributed by atoms with Crippen LogP contribution in [0.2, 0.25) is 0 Å². The maximum Gasteiger partial charge on any atom is 0.340 e. The molecular formula is C33H28O21. The van der Waals surface area contributed by atoms with E-state index >= 15 is 0 Å². The highest BCUT2D eigenvalue weighted by Crippen LogP contribution is 2.47. The molecule has 54 heavy (non-hydrogen) atoms. The van der Waals surface area contributed by atoms with E-state index in [1.54, 1.807) is 0 Å². The second-order valence-corrected chi connectivity index (χ2v) is 11.3. The Balaban J connectivity index is 1.52. The molecule has 0 aromatic heterocycles. The van der Waals surface area contributed by atoms with Crippen LogP contribution in [0.3, 0.4) is 0 Å². The van der Waals surface area contributed by atoms with Crippen molar-refractivity contribution in [3.05, 3.63) is 65.2 Å². The van der Waals surface area contributed by atoms with Gasteiger partial charge in [0.05, 0.1) is 23.3 Å². The zero-order valence-electron chi connectivity index (χ0n) is 26.8. The average molecular weight is 761 g/mol. The summed E-state index contributed by atoms with van der Waals surface area (Å²) in [7, 11) is 0. The number of hydrogen-bond donors (Lipinski definition) is 13. The van der Waals surface area contributed by atoms with Crippen LogP contribution in [-0.2, 0) is 18.9 Å². The number of hydrogen-bond acceptors (Lipinski definition) is 21. The fourth-order valence-corrected chi connectivity index (χ4v) is 4.94. The van der Waals surface area contributed by atoms with Gasteiger partial charge in [0, 0.05) is 0 Å². The van der Waals surface area contributed by atoms with Crippen molar-refractivity contribution in [3.8, 4) is 74.7 Å². The fraction of sp³-hybridized carbons (Fsp3) is 0.182. The zero-order valence-corrected chi connectivity index (χ0v) is 26.8. The molecule has 0 bridgehead atoms. The van der Waals surface area contributed by atoms with E-state index in [1.807, 2.05) is 0 Å². The largest absolute Gasteiger partial charge is 0.504 e. The molecule has 0 spiro atoms. The van der Waals surface area contributed by atoms with E-state index in [2.05, 4.69) is 0 Å². The highest BCUT2D eigenvalue weighted by atomic mass is 16.7.